The van der Waals surface area contributed by atoms with E-state index in [1.54, 1.807) is 24.2 Å². The molecule has 0 aliphatic carbocycles. The lowest BCUT2D eigenvalue weighted by atomic mass is 10.2. The van der Waals surface area contributed by atoms with E-state index in [4.69, 9.17) is 4.74 Å². The Morgan fingerprint density at radius 2 is 2.05 bits per heavy atom. The fraction of sp³-hybridized carbons (Fsp3) is 0.286. The zero-order valence-electron chi connectivity index (χ0n) is 11.0. The summed E-state index contributed by atoms with van der Waals surface area (Å²) in [6.45, 7) is 1.95. The highest BCUT2D eigenvalue weighted by Gasteiger charge is 2.09. The second-order valence-corrected chi connectivity index (χ2v) is 4.98. The summed E-state index contributed by atoms with van der Waals surface area (Å²) >= 11 is 3.49. The van der Waals surface area contributed by atoms with Gasteiger partial charge in [0.15, 0.2) is 0 Å². The Kier molecular flexibility index (Phi) is 4.35. The molecule has 0 aliphatic rings. The summed E-state index contributed by atoms with van der Waals surface area (Å²) in [4.78, 5) is 4.37. The Morgan fingerprint density at radius 1 is 1.32 bits per heavy atom. The van der Waals surface area contributed by atoms with Crippen LogP contribution in [0.3, 0.4) is 0 Å². The molecule has 2 aromatic rings. The zero-order chi connectivity index (χ0) is 13.8. The maximum absolute atomic E-state index is 5.25. The monoisotopic (exact) mass is 319 g/mol. The Balaban J connectivity index is 2.23. The van der Waals surface area contributed by atoms with Gasteiger partial charge >= 0.3 is 0 Å². The van der Waals surface area contributed by atoms with Gasteiger partial charge in [-0.2, -0.15) is 5.10 Å². The van der Waals surface area contributed by atoms with E-state index < -0.39 is 0 Å². The van der Waals surface area contributed by atoms with Crippen molar-refractivity contribution in [2.45, 2.75) is 13.0 Å². The van der Waals surface area contributed by atoms with Gasteiger partial charge in [-0.25, -0.2) is 0 Å². The van der Waals surface area contributed by atoms with Crippen LogP contribution in [0.25, 0.3) is 0 Å². The SMILES string of the molecule is CO[C@@H](C)c1ncc(C#Cc2cnn(C)c2)cc1Br. The molecule has 5 heteroatoms. The maximum Gasteiger partial charge on any atom is 0.0974 e. The molecular formula is C14H14BrN3O. The zero-order valence-corrected chi connectivity index (χ0v) is 12.6. The molecule has 4 nitrogen and oxygen atoms in total. The molecule has 98 valence electrons. The van der Waals surface area contributed by atoms with Gasteiger partial charge in [-0.1, -0.05) is 11.8 Å². The fourth-order valence-electron chi connectivity index (χ4n) is 1.56. The smallest absolute Gasteiger partial charge is 0.0974 e. The standard InChI is InChI=1S/C14H14BrN3O/c1-10(19-3)14-13(15)6-11(7-16-14)4-5-12-8-17-18(2)9-12/h6-10H,1-3H3/t10-/m0/s1. The van der Waals surface area contributed by atoms with Gasteiger partial charge in [0.05, 0.1) is 23.6 Å². The van der Waals surface area contributed by atoms with E-state index in [2.05, 4.69) is 37.9 Å². The van der Waals surface area contributed by atoms with Gasteiger partial charge in [-0.3, -0.25) is 9.67 Å². The number of rotatable bonds is 2. The van der Waals surface area contributed by atoms with Crippen LogP contribution < -0.4 is 0 Å². The molecule has 2 heterocycles. The number of aromatic nitrogens is 3. The van der Waals surface area contributed by atoms with Gasteiger partial charge in [-0.05, 0) is 28.9 Å². The average molecular weight is 320 g/mol. The summed E-state index contributed by atoms with van der Waals surface area (Å²) in [7, 11) is 3.53. The summed E-state index contributed by atoms with van der Waals surface area (Å²) in [5.74, 6) is 6.11. The lowest BCUT2D eigenvalue weighted by Gasteiger charge is -2.10. The van der Waals surface area contributed by atoms with Gasteiger partial charge in [0.2, 0.25) is 0 Å². The molecule has 0 bridgehead atoms. The largest absolute Gasteiger partial charge is 0.375 e. The van der Waals surface area contributed by atoms with Gasteiger partial charge in [-0.15, -0.1) is 0 Å². The third-order valence-corrected chi connectivity index (χ3v) is 3.30. The number of aryl methyl sites for hydroxylation is 1. The molecular weight excluding hydrogens is 306 g/mol. The number of methoxy groups -OCH3 is 1. The average Bonchev–Trinajstić information content (AvgIpc) is 2.81. The lowest BCUT2D eigenvalue weighted by Crippen LogP contribution is -2.00. The van der Waals surface area contributed by atoms with Crippen LogP contribution in [-0.2, 0) is 11.8 Å². The first-order valence-electron chi connectivity index (χ1n) is 5.79. The molecule has 0 saturated carbocycles. The van der Waals surface area contributed by atoms with Crippen LogP contribution in [0.15, 0.2) is 29.1 Å². The topological polar surface area (TPSA) is 39.9 Å². The van der Waals surface area contributed by atoms with Crippen LogP contribution in [0.4, 0.5) is 0 Å². The highest BCUT2D eigenvalue weighted by atomic mass is 79.9. The van der Waals surface area contributed by atoms with Gasteiger partial charge in [0.1, 0.15) is 0 Å². The highest BCUT2D eigenvalue weighted by molar-refractivity contribution is 9.10. The summed E-state index contributed by atoms with van der Waals surface area (Å²) in [6, 6.07) is 1.95. The predicted octanol–water partition coefficient (Wildman–Crippen LogP) is 2.68. The number of halogens is 1. The molecule has 2 rings (SSSR count). The van der Waals surface area contributed by atoms with Crippen LogP contribution in [0.5, 0.6) is 0 Å². The minimum Gasteiger partial charge on any atom is -0.375 e. The van der Waals surface area contributed by atoms with E-state index in [-0.39, 0.29) is 6.10 Å². The Hall–Kier alpha value is -1.64. The Morgan fingerprint density at radius 3 is 2.63 bits per heavy atom. The Bertz CT molecular complexity index is 640. The number of hydrogen-bond donors (Lipinski definition) is 0. The van der Waals surface area contributed by atoms with Crippen LogP contribution in [0, 0.1) is 11.8 Å². The van der Waals surface area contributed by atoms with Crippen LogP contribution in [-0.4, -0.2) is 21.9 Å². The predicted molar refractivity (Wildman–Crippen MR) is 76.5 cm³/mol. The minimum atomic E-state index is -0.0466. The quantitative estimate of drug-likeness (QED) is 0.799. The second kappa shape index (κ2) is 6.00. The summed E-state index contributed by atoms with van der Waals surface area (Å²) in [6.07, 6.45) is 5.31. The van der Waals surface area contributed by atoms with Crippen molar-refractivity contribution in [1.82, 2.24) is 14.8 Å². The first-order valence-corrected chi connectivity index (χ1v) is 6.58. The van der Waals surface area contributed by atoms with E-state index in [1.165, 1.54) is 0 Å². The van der Waals surface area contributed by atoms with E-state index >= 15 is 0 Å². The van der Waals surface area contributed by atoms with Crippen molar-refractivity contribution in [2.75, 3.05) is 7.11 Å². The number of ether oxygens (including phenoxy) is 1. The molecule has 2 aromatic heterocycles. The van der Waals surface area contributed by atoms with Crippen molar-refractivity contribution in [3.05, 3.63) is 46.0 Å². The van der Waals surface area contributed by atoms with Crippen molar-refractivity contribution < 1.29 is 4.74 Å². The van der Waals surface area contributed by atoms with Crippen LogP contribution >= 0.6 is 15.9 Å². The van der Waals surface area contributed by atoms with Crippen LogP contribution in [0.1, 0.15) is 29.8 Å². The van der Waals surface area contributed by atoms with Crippen molar-refractivity contribution >= 4 is 15.9 Å². The third kappa shape index (κ3) is 3.43. The molecule has 1 atom stereocenters. The first-order chi connectivity index (χ1) is 9.10. The van der Waals surface area contributed by atoms with Crippen molar-refractivity contribution in [2.24, 2.45) is 7.05 Å². The van der Waals surface area contributed by atoms with Gasteiger partial charge in [0, 0.05) is 36.6 Å². The third-order valence-electron chi connectivity index (χ3n) is 2.66. The molecule has 0 spiro atoms. The normalized spacial score (nSPS) is 11.8. The number of nitrogens with zero attached hydrogens (tertiary/aromatic N) is 3. The molecule has 0 aliphatic heterocycles. The number of hydrogen-bond acceptors (Lipinski definition) is 3. The summed E-state index contributed by atoms with van der Waals surface area (Å²) < 4.78 is 7.88. The molecule has 0 amide bonds. The highest BCUT2D eigenvalue weighted by Crippen LogP contribution is 2.23. The van der Waals surface area contributed by atoms with E-state index in [0.29, 0.717) is 0 Å². The van der Waals surface area contributed by atoms with Crippen molar-refractivity contribution in [3.63, 3.8) is 0 Å². The van der Waals surface area contributed by atoms with E-state index in [0.717, 1.165) is 21.3 Å². The molecule has 0 fully saturated rings. The molecule has 19 heavy (non-hydrogen) atoms. The Labute approximate surface area is 120 Å². The first kappa shape index (κ1) is 13.8. The van der Waals surface area contributed by atoms with Gasteiger partial charge in [0.25, 0.3) is 0 Å². The van der Waals surface area contributed by atoms with Gasteiger partial charge < -0.3 is 4.74 Å². The maximum atomic E-state index is 5.25. The summed E-state index contributed by atoms with van der Waals surface area (Å²) in [5.41, 5.74) is 2.60. The lowest BCUT2D eigenvalue weighted by molar-refractivity contribution is 0.115. The fourth-order valence-corrected chi connectivity index (χ4v) is 2.23. The van der Waals surface area contributed by atoms with Crippen molar-refractivity contribution in [3.8, 4) is 11.8 Å². The molecule has 0 saturated heterocycles. The minimum absolute atomic E-state index is 0.0466. The summed E-state index contributed by atoms with van der Waals surface area (Å²) in [5, 5.41) is 4.07. The van der Waals surface area contributed by atoms with E-state index in [1.807, 2.05) is 26.2 Å². The second-order valence-electron chi connectivity index (χ2n) is 4.12. The van der Waals surface area contributed by atoms with Crippen molar-refractivity contribution in [1.29, 1.82) is 0 Å². The molecule has 0 N–H and O–H groups in total. The van der Waals surface area contributed by atoms with Crippen LogP contribution in [0.2, 0.25) is 0 Å². The van der Waals surface area contributed by atoms with E-state index in [9.17, 15) is 0 Å². The molecule has 0 unspecified atom stereocenters. The molecule has 0 radical (unpaired) electrons. The number of pyridine rings is 1. The molecule has 0 aromatic carbocycles.